The van der Waals surface area contributed by atoms with Crippen LogP contribution in [0.15, 0.2) is 18.3 Å². The van der Waals surface area contributed by atoms with Gasteiger partial charge in [0, 0.05) is 11.7 Å². The lowest BCUT2D eigenvalue weighted by molar-refractivity contribution is 0.178. The van der Waals surface area contributed by atoms with Crippen LogP contribution in [0.5, 0.6) is 0 Å². The number of pyridine rings is 1. The van der Waals surface area contributed by atoms with Gasteiger partial charge in [-0.3, -0.25) is 4.98 Å². The van der Waals surface area contributed by atoms with E-state index in [1.54, 1.807) is 0 Å². The molecule has 1 heterocycles. The molecule has 1 aromatic heterocycles. The van der Waals surface area contributed by atoms with E-state index < -0.39 is 0 Å². The monoisotopic (exact) mass is 246 g/mol. The number of aliphatic hydroxyl groups excluding tert-OH is 1. The van der Waals surface area contributed by atoms with Crippen molar-refractivity contribution in [3.05, 3.63) is 24.0 Å². The van der Waals surface area contributed by atoms with Gasteiger partial charge in [0.15, 0.2) is 0 Å². The highest BCUT2D eigenvalue weighted by Crippen LogP contribution is 2.48. The molecule has 98 valence electrons. The quantitative estimate of drug-likeness (QED) is 0.862. The Labute approximate surface area is 109 Å². The molecule has 3 heteroatoms. The van der Waals surface area contributed by atoms with Crippen LogP contribution < -0.4 is 5.32 Å². The molecule has 18 heavy (non-hydrogen) atoms. The first-order valence-electron chi connectivity index (χ1n) is 7.04. The zero-order chi connectivity index (χ0) is 12.7. The highest BCUT2D eigenvalue weighted by molar-refractivity contribution is 5.43. The Balaban J connectivity index is 1.60. The highest BCUT2D eigenvalue weighted by atomic mass is 16.3. The fourth-order valence-electron chi connectivity index (χ4n) is 3.41. The van der Waals surface area contributed by atoms with Crippen molar-refractivity contribution in [1.82, 2.24) is 4.98 Å². The lowest BCUT2D eigenvalue weighted by atomic mass is 9.71. The molecule has 0 saturated heterocycles. The van der Waals surface area contributed by atoms with Gasteiger partial charge in [0.1, 0.15) is 0 Å². The first kappa shape index (κ1) is 12.0. The molecule has 2 unspecified atom stereocenters. The molecule has 0 amide bonds. The molecule has 3 rings (SSSR count). The molecule has 2 N–H and O–H groups in total. The Hall–Kier alpha value is -1.09. The van der Waals surface area contributed by atoms with Gasteiger partial charge in [-0.25, -0.2) is 0 Å². The predicted molar refractivity (Wildman–Crippen MR) is 72.6 cm³/mol. The van der Waals surface area contributed by atoms with Gasteiger partial charge in [-0.2, -0.15) is 0 Å². The summed E-state index contributed by atoms with van der Waals surface area (Å²) < 4.78 is 0. The van der Waals surface area contributed by atoms with Crippen LogP contribution in [0.3, 0.4) is 0 Å². The summed E-state index contributed by atoms with van der Waals surface area (Å²) in [5.41, 5.74) is 2.26. The molecular weight excluding hydrogens is 224 g/mol. The molecule has 4 atom stereocenters. The maximum atomic E-state index is 9.65. The molecule has 0 spiro atoms. The Kier molecular flexibility index (Phi) is 3.02. The summed E-state index contributed by atoms with van der Waals surface area (Å²) in [5, 5.41) is 13.2. The number of fused-ring (bicyclic) bond motifs is 1. The number of hydrogen-bond donors (Lipinski definition) is 2. The van der Waals surface area contributed by atoms with Gasteiger partial charge in [-0.15, -0.1) is 0 Å². The minimum absolute atomic E-state index is 0.0618. The van der Waals surface area contributed by atoms with Gasteiger partial charge in [0.05, 0.1) is 18.0 Å². The van der Waals surface area contributed by atoms with Crippen molar-refractivity contribution in [2.45, 2.75) is 51.2 Å². The first-order chi connectivity index (χ1) is 8.63. The average Bonchev–Trinajstić information content (AvgIpc) is 2.63. The Morgan fingerprint density at radius 2 is 2.11 bits per heavy atom. The van der Waals surface area contributed by atoms with Gasteiger partial charge < -0.3 is 10.4 Å². The molecule has 2 aliphatic carbocycles. The summed E-state index contributed by atoms with van der Waals surface area (Å²) in [6.07, 6.45) is 5.06. The van der Waals surface area contributed by atoms with Gasteiger partial charge in [0.2, 0.25) is 0 Å². The average molecular weight is 246 g/mol. The van der Waals surface area contributed by atoms with E-state index in [0.29, 0.717) is 17.9 Å². The van der Waals surface area contributed by atoms with Crippen LogP contribution in [-0.4, -0.2) is 22.2 Å². The third-order valence-electron chi connectivity index (χ3n) is 4.53. The first-order valence-corrected chi connectivity index (χ1v) is 7.04. The van der Waals surface area contributed by atoms with E-state index in [1.165, 1.54) is 6.42 Å². The molecule has 0 aliphatic heterocycles. The number of nitrogens with one attached hydrogen (secondary N) is 1. The summed E-state index contributed by atoms with van der Waals surface area (Å²) in [5.74, 6) is 1.90. The van der Waals surface area contributed by atoms with E-state index in [9.17, 15) is 5.11 Å². The van der Waals surface area contributed by atoms with Crippen LogP contribution in [0.1, 0.15) is 44.7 Å². The number of anilines is 1. The number of aliphatic hydroxyl groups is 1. The van der Waals surface area contributed by atoms with Gasteiger partial charge >= 0.3 is 0 Å². The zero-order valence-electron chi connectivity index (χ0n) is 11.1. The topological polar surface area (TPSA) is 45.1 Å². The number of nitrogens with zero attached hydrogens (tertiary/aromatic N) is 1. The molecule has 3 nitrogen and oxygen atoms in total. The Bertz CT molecular complexity index is 415. The zero-order valence-corrected chi connectivity index (χ0v) is 11.1. The number of aromatic nitrogens is 1. The SMILES string of the molecule is CC(C)c1ccc(NC2C[C@@H]3C[C@H](O)CC23)cn1. The second-order valence-corrected chi connectivity index (χ2v) is 6.16. The lowest BCUT2D eigenvalue weighted by Crippen LogP contribution is -2.43. The second-order valence-electron chi connectivity index (χ2n) is 6.16. The van der Waals surface area contributed by atoms with Crippen molar-refractivity contribution in [3.63, 3.8) is 0 Å². The molecule has 0 aromatic carbocycles. The van der Waals surface area contributed by atoms with E-state index in [-0.39, 0.29) is 6.10 Å². The van der Waals surface area contributed by atoms with Crippen molar-refractivity contribution in [1.29, 1.82) is 0 Å². The maximum absolute atomic E-state index is 9.65. The number of rotatable bonds is 3. The maximum Gasteiger partial charge on any atom is 0.0546 e. The number of hydrogen-bond acceptors (Lipinski definition) is 3. The third-order valence-corrected chi connectivity index (χ3v) is 4.53. The van der Waals surface area contributed by atoms with Crippen molar-refractivity contribution in [2.24, 2.45) is 11.8 Å². The summed E-state index contributed by atoms with van der Waals surface area (Å²) in [6.45, 7) is 4.32. The van der Waals surface area contributed by atoms with Gasteiger partial charge in [-0.1, -0.05) is 13.8 Å². The van der Waals surface area contributed by atoms with Gasteiger partial charge in [0.25, 0.3) is 0 Å². The Morgan fingerprint density at radius 3 is 2.72 bits per heavy atom. The molecular formula is C15H22N2O. The van der Waals surface area contributed by atoms with Crippen molar-refractivity contribution in [2.75, 3.05) is 5.32 Å². The summed E-state index contributed by atoms with van der Waals surface area (Å²) in [7, 11) is 0. The smallest absolute Gasteiger partial charge is 0.0546 e. The fourth-order valence-corrected chi connectivity index (χ4v) is 3.41. The van der Waals surface area contributed by atoms with E-state index in [1.807, 2.05) is 6.20 Å². The summed E-state index contributed by atoms with van der Waals surface area (Å²) >= 11 is 0. The van der Waals surface area contributed by atoms with Crippen LogP contribution in [0.2, 0.25) is 0 Å². The van der Waals surface area contributed by atoms with Crippen LogP contribution in [0.4, 0.5) is 5.69 Å². The summed E-state index contributed by atoms with van der Waals surface area (Å²) in [4.78, 5) is 4.48. The van der Waals surface area contributed by atoms with Crippen LogP contribution in [0, 0.1) is 11.8 Å². The van der Waals surface area contributed by atoms with Crippen molar-refractivity contribution < 1.29 is 5.11 Å². The molecule has 2 saturated carbocycles. The van der Waals surface area contributed by atoms with Crippen LogP contribution in [-0.2, 0) is 0 Å². The normalized spacial score (nSPS) is 34.2. The van der Waals surface area contributed by atoms with E-state index in [4.69, 9.17) is 0 Å². The third kappa shape index (κ3) is 2.12. The molecule has 0 bridgehead atoms. The molecule has 2 aliphatic rings. The minimum Gasteiger partial charge on any atom is -0.393 e. The molecule has 0 radical (unpaired) electrons. The van der Waals surface area contributed by atoms with Crippen molar-refractivity contribution >= 4 is 5.69 Å². The predicted octanol–water partition coefficient (Wildman–Crippen LogP) is 2.78. The molecule has 1 aromatic rings. The van der Waals surface area contributed by atoms with Crippen LogP contribution >= 0.6 is 0 Å². The van der Waals surface area contributed by atoms with E-state index in [2.05, 4.69) is 36.3 Å². The fraction of sp³-hybridized carbons (Fsp3) is 0.667. The highest BCUT2D eigenvalue weighted by Gasteiger charge is 2.47. The van der Waals surface area contributed by atoms with Crippen molar-refractivity contribution in [3.8, 4) is 0 Å². The lowest BCUT2D eigenvalue weighted by Gasteiger charge is -2.41. The Morgan fingerprint density at radius 1 is 1.28 bits per heavy atom. The summed E-state index contributed by atoms with van der Waals surface area (Å²) in [6, 6.07) is 4.77. The largest absolute Gasteiger partial charge is 0.393 e. The van der Waals surface area contributed by atoms with E-state index >= 15 is 0 Å². The standard InChI is InChI=1S/C15H22N2O/c1-9(2)14-4-3-11(8-16-14)17-15-6-10-5-12(18)7-13(10)15/h3-4,8-10,12-13,15,17-18H,5-7H2,1-2H3/t10-,12-,13?,15?/m0/s1. The molecule has 2 fully saturated rings. The second kappa shape index (κ2) is 4.54. The van der Waals surface area contributed by atoms with Gasteiger partial charge in [-0.05, 0) is 49.1 Å². The van der Waals surface area contributed by atoms with Crippen LogP contribution in [0.25, 0.3) is 0 Å². The minimum atomic E-state index is -0.0618. The van der Waals surface area contributed by atoms with E-state index in [0.717, 1.165) is 30.1 Å².